The van der Waals surface area contributed by atoms with E-state index in [1.165, 1.54) is 36.4 Å². The maximum absolute atomic E-state index is 15.4. The zero-order valence-electron chi connectivity index (χ0n) is 23.4. The van der Waals surface area contributed by atoms with Crippen molar-refractivity contribution in [2.24, 2.45) is 0 Å². The van der Waals surface area contributed by atoms with E-state index >= 15 is 4.39 Å². The average Bonchev–Trinajstić information content (AvgIpc) is 3.50. The fraction of sp³-hybridized carbons (Fsp3) is 0.484. The van der Waals surface area contributed by atoms with E-state index in [1.807, 2.05) is 6.92 Å². The highest BCUT2D eigenvalue weighted by molar-refractivity contribution is 6.23. The molecule has 1 unspecified atom stereocenters. The molecule has 2 amide bonds. The number of nitrogens with zero attached hydrogens (tertiary/aromatic N) is 3. The first kappa shape index (κ1) is 28.1. The van der Waals surface area contributed by atoms with Crippen LogP contribution in [0.3, 0.4) is 0 Å². The van der Waals surface area contributed by atoms with Crippen molar-refractivity contribution >= 4 is 28.6 Å². The Morgan fingerprint density at radius 2 is 1.68 bits per heavy atom. The number of carbonyl (C=O) groups is 3. The summed E-state index contributed by atoms with van der Waals surface area (Å²) in [6, 6.07) is 7.76. The number of benzene rings is 2. The second-order valence-corrected chi connectivity index (χ2v) is 10.9. The van der Waals surface area contributed by atoms with Gasteiger partial charge in [-0.25, -0.2) is 4.39 Å². The fourth-order valence-electron chi connectivity index (χ4n) is 6.02. The van der Waals surface area contributed by atoms with E-state index in [-0.39, 0.29) is 17.3 Å². The number of amides is 2. The molecule has 0 radical (unpaired) electrons. The van der Waals surface area contributed by atoms with Crippen LogP contribution in [0.15, 0.2) is 30.3 Å². The van der Waals surface area contributed by atoms with Crippen LogP contribution in [0.4, 0.5) is 4.39 Å². The van der Waals surface area contributed by atoms with Gasteiger partial charge in [0, 0.05) is 44.2 Å². The van der Waals surface area contributed by atoms with E-state index in [2.05, 4.69) is 22.5 Å². The molecule has 2 N–H and O–H groups in total. The van der Waals surface area contributed by atoms with Gasteiger partial charge < -0.3 is 5.32 Å². The molecule has 212 valence electrons. The monoisotopic (exact) mass is 547 g/mol. The van der Waals surface area contributed by atoms with E-state index in [0.717, 1.165) is 45.4 Å². The van der Waals surface area contributed by atoms with Gasteiger partial charge in [0.25, 0.3) is 11.8 Å². The number of piperazine rings is 1. The van der Waals surface area contributed by atoms with E-state index in [1.54, 1.807) is 24.3 Å². The largest absolute Gasteiger partial charge is 0.314 e. The predicted molar refractivity (Wildman–Crippen MR) is 153 cm³/mol. The number of unbranched alkanes of at least 4 members (excludes halogenated alkanes) is 6. The zero-order valence-corrected chi connectivity index (χ0v) is 23.4. The van der Waals surface area contributed by atoms with Crippen molar-refractivity contribution in [1.29, 1.82) is 0 Å². The van der Waals surface area contributed by atoms with Crippen LogP contribution < -0.4 is 10.6 Å². The zero-order chi connectivity index (χ0) is 28.2. The lowest BCUT2D eigenvalue weighted by Crippen LogP contribution is -2.44. The number of carbonyl (C=O) groups excluding carboxylic acids is 3. The van der Waals surface area contributed by atoms with Gasteiger partial charge in [0.1, 0.15) is 11.5 Å². The van der Waals surface area contributed by atoms with Gasteiger partial charge in [-0.15, -0.1) is 0 Å². The number of hydrogen-bond donors (Lipinski definition) is 2. The van der Waals surface area contributed by atoms with Crippen molar-refractivity contribution in [2.75, 3.05) is 26.2 Å². The van der Waals surface area contributed by atoms with Gasteiger partial charge in [-0.3, -0.25) is 24.6 Å². The van der Waals surface area contributed by atoms with Crippen LogP contribution in [-0.4, -0.2) is 58.6 Å². The molecule has 5 rings (SSSR count). The second-order valence-electron chi connectivity index (χ2n) is 10.9. The maximum Gasteiger partial charge on any atom is 0.259 e. The van der Waals surface area contributed by atoms with E-state index in [9.17, 15) is 14.4 Å². The molecule has 0 aliphatic carbocycles. The van der Waals surface area contributed by atoms with Crippen LogP contribution in [0.1, 0.15) is 102 Å². The number of nitrogens with one attached hydrogen (secondary N) is 2. The number of aromatic nitrogens is 2. The van der Waals surface area contributed by atoms with E-state index in [4.69, 9.17) is 5.10 Å². The quantitative estimate of drug-likeness (QED) is 0.244. The Hall–Kier alpha value is -3.43. The number of fused-ring (bicyclic) bond motifs is 2. The fourth-order valence-corrected chi connectivity index (χ4v) is 6.02. The topological polar surface area (TPSA) is 96.3 Å². The molecule has 8 nitrogen and oxygen atoms in total. The maximum atomic E-state index is 15.4. The SMILES string of the molecule is CCCCCCCCCC(=O)n1nc(-c2ccc3c(c2C(C)N2CCNCC2)C(=O)NC3=O)c2c(F)cccc21. The second kappa shape index (κ2) is 12.4. The van der Waals surface area contributed by atoms with Gasteiger partial charge in [0.2, 0.25) is 5.91 Å². The van der Waals surface area contributed by atoms with E-state index < -0.39 is 17.6 Å². The van der Waals surface area contributed by atoms with Gasteiger partial charge >= 0.3 is 0 Å². The summed E-state index contributed by atoms with van der Waals surface area (Å²) in [7, 11) is 0. The third-order valence-electron chi connectivity index (χ3n) is 8.20. The first-order chi connectivity index (χ1) is 19.4. The van der Waals surface area contributed by atoms with Crippen molar-refractivity contribution in [3.63, 3.8) is 0 Å². The van der Waals surface area contributed by atoms with Gasteiger partial charge in [-0.1, -0.05) is 57.6 Å². The van der Waals surface area contributed by atoms with Gasteiger partial charge in [0.05, 0.1) is 22.0 Å². The lowest BCUT2D eigenvalue weighted by molar-refractivity contribution is 0.0870. The molecule has 3 heterocycles. The summed E-state index contributed by atoms with van der Waals surface area (Å²) in [6.45, 7) is 7.33. The highest BCUT2D eigenvalue weighted by Crippen LogP contribution is 2.40. The Balaban J connectivity index is 1.54. The highest BCUT2D eigenvalue weighted by atomic mass is 19.1. The molecule has 3 aromatic rings. The molecule has 0 bridgehead atoms. The van der Waals surface area contributed by atoms with Gasteiger partial charge in [-0.2, -0.15) is 9.78 Å². The Morgan fingerprint density at radius 3 is 2.42 bits per heavy atom. The van der Waals surface area contributed by atoms with Gasteiger partial charge in [0.15, 0.2) is 0 Å². The number of hydrogen-bond acceptors (Lipinski definition) is 6. The molecule has 1 aromatic heterocycles. The summed E-state index contributed by atoms with van der Waals surface area (Å²) in [5.41, 5.74) is 2.54. The van der Waals surface area contributed by atoms with Crippen molar-refractivity contribution in [3.05, 3.63) is 52.8 Å². The molecule has 9 heteroatoms. The molecule has 2 aliphatic rings. The number of imide groups is 1. The first-order valence-corrected chi connectivity index (χ1v) is 14.6. The Labute approximate surface area is 234 Å². The van der Waals surface area contributed by atoms with Crippen LogP contribution in [0.25, 0.3) is 22.2 Å². The third-order valence-corrected chi connectivity index (χ3v) is 8.20. The lowest BCUT2D eigenvalue weighted by atomic mass is 9.89. The molecule has 1 fully saturated rings. The minimum Gasteiger partial charge on any atom is -0.314 e. The number of halogens is 1. The first-order valence-electron chi connectivity index (χ1n) is 14.6. The molecule has 0 saturated carbocycles. The summed E-state index contributed by atoms with van der Waals surface area (Å²) < 4.78 is 16.8. The average molecular weight is 548 g/mol. The molecule has 2 aliphatic heterocycles. The minimum absolute atomic E-state index is 0.179. The Kier molecular flexibility index (Phi) is 8.71. The van der Waals surface area contributed by atoms with Crippen molar-refractivity contribution in [1.82, 2.24) is 25.3 Å². The summed E-state index contributed by atoms with van der Waals surface area (Å²) in [5, 5.41) is 10.7. The summed E-state index contributed by atoms with van der Waals surface area (Å²) in [6.07, 6.45) is 7.97. The number of rotatable bonds is 11. The molecule has 1 atom stereocenters. The van der Waals surface area contributed by atoms with Crippen molar-refractivity contribution < 1.29 is 18.8 Å². The smallest absolute Gasteiger partial charge is 0.259 e. The lowest BCUT2D eigenvalue weighted by Gasteiger charge is -2.34. The van der Waals surface area contributed by atoms with Crippen molar-refractivity contribution in [2.45, 2.75) is 71.3 Å². The molecule has 40 heavy (non-hydrogen) atoms. The Bertz CT molecular complexity index is 1430. The van der Waals surface area contributed by atoms with Crippen LogP contribution in [-0.2, 0) is 0 Å². The summed E-state index contributed by atoms with van der Waals surface area (Å²) >= 11 is 0. The van der Waals surface area contributed by atoms with Crippen LogP contribution in [0, 0.1) is 5.82 Å². The minimum atomic E-state index is -0.482. The molecular weight excluding hydrogens is 509 g/mol. The van der Waals surface area contributed by atoms with Crippen LogP contribution in [0.5, 0.6) is 0 Å². The molecule has 1 saturated heterocycles. The third kappa shape index (κ3) is 5.45. The van der Waals surface area contributed by atoms with E-state index in [0.29, 0.717) is 39.9 Å². The van der Waals surface area contributed by atoms with Crippen LogP contribution in [0.2, 0.25) is 0 Å². The summed E-state index contributed by atoms with van der Waals surface area (Å²) in [5.74, 6) is -1.56. The predicted octanol–water partition coefficient (Wildman–Crippen LogP) is 5.47. The Morgan fingerprint density at radius 1 is 0.975 bits per heavy atom. The standard InChI is InChI=1S/C31H38FN5O3/c1-3-4-5-6-7-8-9-13-25(38)37-24-12-10-11-23(32)28(24)29(35-37)21-14-15-22-27(31(40)34-30(22)39)26(21)20(2)36-18-16-33-17-19-36/h10-12,14-15,20,33H,3-9,13,16-19H2,1-2H3,(H,34,39,40). The summed E-state index contributed by atoms with van der Waals surface area (Å²) in [4.78, 5) is 41.2. The normalized spacial score (nSPS) is 16.4. The molecular formula is C31H38FN5O3. The van der Waals surface area contributed by atoms with Crippen molar-refractivity contribution in [3.8, 4) is 11.3 Å². The molecule has 2 aromatic carbocycles. The molecule has 0 spiro atoms. The highest BCUT2D eigenvalue weighted by Gasteiger charge is 2.36. The van der Waals surface area contributed by atoms with Gasteiger partial charge in [-0.05, 0) is 37.1 Å². The van der Waals surface area contributed by atoms with Crippen LogP contribution >= 0.6 is 0 Å².